The summed E-state index contributed by atoms with van der Waals surface area (Å²) in [5.74, 6) is -2.15. The highest BCUT2D eigenvalue weighted by Crippen LogP contribution is 2.30. The Morgan fingerprint density at radius 1 is 1.07 bits per heavy atom. The lowest BCUT2D eigenvalue weighted by Gasteiger charge is -2.13. The van der Waals surface area contributed by atoms with E-state index in [0.29, 0.717) is 22.3 Å². The van der Waals surface area contributed by atoms with Crippen LogP contribution >= 0.6 is 0 Å². The van der Waals surface area contributed by atoms with Crippen molar-refractivity contribution < 1.29 is 23.8 Å². The smallest absolute Gasteiger partial charge is 0.338 e. The molecule has 8 nitrogen and oxygen atoms in total. The zero-order valence-corrected chi connectivity index (χ0v) is 15.8. The summed E-state index contributed by atoms with van der Waals surface area (Å²) in [7, 11) is 1.19. The van der Waals surface area contributed by atoms with E-state index in [4.69, 9.17) is 14.2 Å². The van der Waals surface area contributed by atoms with Gasteiger partial charge < -0.3 is 14.2 Å². The summed E-state index contributed by atoms with van der Waals surface area (Å²) in [6.45, 7) is 2.00. The first kappa shape index (κ1) is 19.8. The molecule has 1 heterocycles. The van der Waals surface area contributed by atoms with Crippen molar-refractivity contribution in [3.63, 3.8) is 0 Å². The van der Waals surface area contributed by atoms with Gasteiger partial charge in [-0.05, 0) is 43.3 Å². The van der Waals surface area contributed by atoms with E-state index in [1.165, 1.54) is 7.11 Å². The summed E-state index contributed by atoms with van der Waals surface area (Å²) in [4.78, 5) is 32.6. The number of para-hydroxylation sites is 2. The maximum atomic E-state index is 12.0. The fourth-order valence-electron chi connectivity index (χ4n) is 2.59. The first-order chi connectivity index (χ1) is 14.1. The molecule has 1 aromatic heterocycles. The summed E-state index contributed by atoms with van der Waals surface area (Å²) in [5.41, 5.74) is 1.47. The topological polar surface area (TPSA) is 111 Å². The maximum Gasteiger partial charge on any atom is 0.338 e. The molecular weight excluding hydrogens is 374 g/mol. The van der Waals surface area contributed by atoms with Gasteiger partial charge in [0, 0.05) is 0 Å². The van der Waals surface area contributed by atoms with Gasteiger partial charge in [0.05, 0.1) is 36.4 Å². The van der Waals surface area contributed by atoms with Crippen molar-refractivity contribution >= 4 is 23.0 Å². The number of aromatic nitrogens is 2. The number of esters is 2. The van der Waals surface area contributed by atoms with E-state index in [-0.39, 0.29) is 18.2 Å². The first-order valence-corrected chi connectivity index (χ1v) is 8.76. The van der Waals surface area contributed by atoms with Crippen LogP contribution in [-0.2, 0) is 14.3 Å². The minimum absolute atomic E-state index is 0.00420. The van der Waals surface area contributed by atoms with Crippen LogP contribution in [0.1, 0.15) is 28.9 Å². The lowest BCUT2D eigenvalue weighted by Crippen LogP contribution is -2.15. The Hall–Kier alpha value is -3.99. The monoisotopic (exact) mass is 391 g/mol. The Morgan fingerprint density at radius 2 is 1.72 bits per heavy atom. The van der Waals surface area contributed by atoms with E-state index >= 15 is 0 Å². The molecule has 0 fully saturated rings. The van der Waals surface area contributed by atoms with Gasteiger partial charge in [0.1, 0.15) is 11.4 Å². The highest BCUT2D eigenvalue weighted by molar-refractivity contribution is 5.89. The number of carbonyl (C=O) groups is 2. The Kier molecular flexibility index (Phi) is 6.00. The summed E-state index contributed by atoms with van der Waals surface area (Å²) in [5, 5.41) is 9.47. The highest BCUT2D eigenvalue weighted by atomic mass is 16.5. The summed E-state index contributed by atoms with van der Waals surface area (Å²) < 4.78 is 15.5. The third-order valence-electron chi connectivity index (χ3n) is 3.98. The molecule has 3 aromatic rings. The molecule has 3 rings (SSSR count). The molecule has 8 heteroatoms. The number of methoxy groups -OCH3 is 1. The Morgan fingerprint density at radius 3 is 2.31 bits per heavy atom. The van der Waals surface area contributed by atoms with E-state index in [1.54, 1.807) is 55.5 Å². The number of rotatable bonds is 6. The molecule has 0 saturated heterocycles. The number of benzene rings is 2. The summed E-state index contributed by atoms with van der Waals surface area (Å²) >= 11 is 0. The van der Waals surface area contributed by atoms with Crippen LogP contribution in [0.5, 0.6) is 11.6 Å². The molecule has 0 amide bonds. The molecule has 0 unspecified atom stereocenters. The second kappa shape index (κ2) is 8.80. The fourth-order valence-corrected chi connectivity index (χ4v) is 2.59. The van der Waals surface area contributed by atoms with Crippen molar-refractivity contribution in [3.05, 3.63) is 59.8 Å². The van der Waals surface area contributed by atoms with Gasteiger partial charge >= 0.3 is 11.9 Å². The van der Waals surface area contributed by atoms with E-state index in [9.17, 15) is 14.9 Å². The average Bonchev–Trinajstić information content (AvgIpc) is 2.75. The Bertz CT molecular complexity index is 1090. The Labute approximate surface area is 166 Å². The molecular formula is C21H17N3O5. The van der Waals surface area contributed by atoms with Crippen LogP contribution in [0.3, 0.4) is 0 Å². The standard InChI is InChI=1S/C21H17N3O5/c1-3-28-20(25)13-8-10-14(11-9-13)29-19-18(15(12-22)21(26)27-2)23-16-6-4-5-7-17(16)24-19/h4-11,15H,3H2,1-2H3/t15-/m0/s1. The number of nitriles is 1. The van der Waals surface area contributed by atoms with Crippen molar-refractivity contribution in [2.75, 3.05) is 13.7 Å². The number of ether oxygens (including phenoxy) is 3. The van der Waals surface area contributed by atoms with Gasteiger partial charge in [-0.3, -0.25) is 4.79 Å². The van der Waals surface area contributed by atoms with Gasteiger partial charge in [0.15, 0.2) is 5.92 Å². The molecule has 0 spiro atoms. The van der Waals surface area contributed by atoms with Crippen LogP contribution in [0.25, 0.3) is 11.0 Å². The van der Waals surface area contributed by atoms with Gasteiger partial charge in [0.2, 0.25) is 5.88 Å². The van der Waals surface area contributed by atoms with E-state index in [1.807, 2.05) is 6.07 Å². The predicted molar refractivity (Wildman–Crippen MR) is 102 cm³/mol. The van der Waals surface area contributed by atoms with Crippen molar-refractivity contribution in [1.29, 1.82) is 5.26 Å². The third-order valence-corrected chi connectivity index (χ3v) is 3.98. The lowest BCUT2D eigenvalue weighted by atomic mass is 10.1. The zero-order chi connectivity index (χ0) is 20.8. The molecule has 0 aliphatic carbocycles. The number of nitrogens with zero attached hydrogens (tertiary/aromatic N) is 3. The molecule has 0 aliphatic rings. The zero-order valence-electron chi connectivity index (χ0n) is 15.8. The average molecular weight is 391 g/mol. The third kappa shape index (κ3) is 4.30. The quantitative estimate of drug-likeness (QED) is 0.588. The molecule has 0 bridgehead atoms. The van der Waals surface area contributed by atoms with E-state index < -0.39 is 17.9 Å². The van der Waals surface area contributed by atoms with Crippen molar-refractivity contribution in [1.82, 2.24) is 9.97 Å². The maximum absolute atomic E-state index is 12.0. The second-order valence-electron chi connectivity index (χ2n) is 5.83. The van der Waals surface area contributed by atoms with Gasteiger partial charge in [-0.25, -0.2) is 14.8 Å². The number of hydrogen-bond acceptors (Lipinski definition) is 8. The summed E-state index contributed by atoms with van der Waals surface area (Å²) in [6, 6.07) is 15.1. The number of fused-ring (bicyclic) bond motifs is 1. The Balaban J connectivity index is 2.01. The predicted octanol–water partition coefficient (Wildman–Crippen LogP) is 3.38. The lowest BCUT2D eigenvalue weighted by molar-refractivity contribution is -0.141. The minimum Gasteiger partial charge on any atom is -0.468 e. The van der Waals surface area contributed by atoms with Crippen LogP contribution in [0, 0.1) is 11.3 Å². The van der Waals surface area contributed by atoms with Gasteiger partial charge in [0.25, 0.3) is 0 Å². The van der Waals surface area contributed by atoms with Crippen LogP contribution in [0.15, 0.2) is 48.5 Å². The molecule has 0 radical (unpaired) electrons. The van der Waals surface area contributed by atoms with E-state index in [2.05, 4.69) is 9.97 Å². The van der Waals surface area contributed by atoms with Gasteiger partial charge in [-0.15, -0.1) is 0 Å². The largest absolute Gasteiger partial charge is 0.468 e. The first-order valence-electron chi connectivity index (χ1n) is 8.76. The molecule has 146 valence electrons. The van der Waals surface area contributed by atoms with Crippen LogP contribution < -0.4 is 4.74 Å². The normalized spacial score (nSPS) is 11.3. The molecule has 0 N–H and O–H groups in total. The molecule has 0 aliphatic heterocycles. The number of hydrogen-bond donors (Lipinski definition) is 0. The summed E-state index contributed by atoms with van der Waals surface area (Å²) in [6.07, 6.45) is 0. The highest BCUT2D eigenvalue weighted by Gasteiger charge is 2.28. The van der Waals surface area contributed by atoms with Crippen LogP contribution in [0.4, 0.5) is 0 Å². The number of carbonyl (C=O) groups excluding carboxylic acids is 2. The van der Waals surface area contributed by atoms with Crippen molar-refractivity contribution in [2.45, 2.75) is 12.8 Å². The van der Waals surface area contributed by atoms with Crippen LogP contribution in [-0.4, -0.2) is 35.6 Å². The van der Waals surface area contributed by atoms with Gasteiger partial charge in [-0.1, -0.05) is 12.1 Å². The molecule has 29 heavy (non-hydrogen) atoms. The van der Waals surface area contributed by atoms with Crippen molar-refractivity contribution in [2.24, 2.45) is 0 Å². The minimum atomic E-state index is -1.30. The molecule has 2 aromatic carbocycles. The second-order valence-corrected chi connectivity index (χ2v) is 5.83. The SMILES string of the molecule is CCOC(=O)c1ccc(Oc2nc3ccccc3nc2[C@H](C#N)C(=O)OC)cc1. The molecule has 0 saturated carbocycles. The van der Waals surface area contributed by atoms with Crippen molar-refractivity contribution in [3.8, 4) is 17.7 Å². The fraction of sp³-hybridized carbons (Fsp3) is 0.190. The van der Waals surface area contributed by atoms with Crippen LogP contribution in [0.2, 0.25) is 0 Å². The van der Waals surface area contributed by atoms with E-state index in [0.717, 1.165) is 0 Å². The molecule has 1 atom stereocenters. The van der Waals surface area contributed by atoms with Gasteiger partial charge in [-0.2, -0.15) is 5.26 Å².